The Morgan fingerprint density at radius 3 is 2.40 bits per heavy atom. The molecule has 0 saturated carbocycles. The first kappa shape index (κ1) is 12.9. The van der Waals surface area contributed by atoms with Crippen LogP contribution < -0.4 is 5.23 Å². The molecule has 3 heterocycles. The van der Waals surface area contributed by atoms with E-state index < -0.39 is 11.2 Å². The number of anilines is 1. The lowest BCUT2D eigenvalue weighted by Gasteiger charge is -2.26. The van der Waals surface area contributed by atoms with Crippen LogP contribution in [0.4, 0.5) is 5.82 Å². The molecule has 3 rings (SSSR count). The molecule has 0 aromatic carbocycles. The maximum Gasteiger partial charge on any atom is 0.185 e. The number of rotatable bonds is 1. The van der Waals surface area contributed by atoms with Crippen molar-refractivity contribution in [2.45, 2.75) is 38.9 Å². The molecule has 6 nitrogen and oxygen atoms in total. The van der Waals surface area contributed by atoms with Crippen molar-refractivity contribution in [1.29, 1.82) is 5.26 Å². The van der Waals surface area contributed by atoms with Gasteiger partial charge in [-0.3, -0.25) is 0 Å². The van der Waals surface area contributed by atoms with Crippen LogP contribution >= 0.6 is 0 Å². The van der Waals surface area contributed by atoms with Gasteiger partial charge in [0.15, 0.2) is 5.82 Å². The minimum Gasteiger partial charge on any atom is -0.238 e. The lowest BCUT2D eigenvalue weighted by Crippen LogP contribution is -2.41. The van der Waals surface area contributed by atoms with Gasteiger partial charge >= 0.3 is 0 Å². The van der Waals surface area contributed by atoms with Crippen molar-refractivity contribution in [3.8, 4) is 6.07 Å². The quantitative estimate of drug-likeness (QED) is 0.798. The van der Waals surface area contributed by atoms with Crippen LogP contribution in [0.3, 0.4) is 0 Å². The zero-order chi connectivity index (χ0) is 14.5. The second-order valence-corrected chi connectivity index (χ2v) is 5.84. The summed E-state index contributed by atoms with van der Waals surface area (Å²) in [6.45, 7) is 7.90. The molecule has 1 saturated heterocycles. The lowest BCUT2D eigenvalue weighted by molar-refractivity contribution is -0.0298. The highest BCUT2D eigenvalue weighted by Gasteiger charge is 2.50. The van der Waals surface area contributed by atoms with Gasteiger partial charge in [-0.25, -0.2) is 14.2 Å². The summed E-state index contributed by atoms with van der Waals surface area (Å²) < 4.78 is 1.68. The Bertz CT molecular complexity index is 696. The van der Waals surface area contributed by atoms with Gasteiger partial charge in [-0.2, -0.15) is 10.4 Å². The maximum atomic E-state index is 8.89. The molecular weight excluding hydrogens is 256 g/mol. The van der Waals surface area contributed by atoms with Crippen molar-refractivity contribution in [3.05, 3.63) is 30.0 Å². The molecule has 0 aliphatic carbocycles. The molecule has 1 aliphatic heterocycles. The predicted molar refractivity (Wildman–Crippen MR) is 72.7 cm³/mol. The topological polar surface area (TPSA) is 62.8 Å². The smallest absolute Gasteiger partial charge is 0.185 e. The number of fused-ring (bicyclic) bond motifs is 1. The molecule has 0 bridgehead atoms. The average molecular weight is 272 g/mol. The minimum absolute atomic E-state index is 0.455. The molecule has 1 fully saturated rings. The van der Waals surface area contributed by atoms with Crippen LogP contribution in [0.2, 0.25) is 0 Å². The highest BCUT2D eigenvalue weighted by atomic mass is 17.0. The molecule has 1 aliphatic rings. The number of aromatic nitrogens is 2. The van der Waals surface area contributed by atoms with Crippen LogP contribution in [0, 0.1) is 11.3 Å². The summed E-state index contributed by atoms with van der Waals surface area (Å²) in [6.07, 6.45) is 1.52. The molecular formula is C14H16N4O2. The highest BCUT2D eigenvalue weighted by Crippen LogP contribution is 2.39. The first-order valence-corrected chi connectivity index (χ1v) is 6.40. The normalized spacial score (nSPS) is 20.2. The standard InChI is InChI=1S/C14H16N4O2/c1-13(2)14(3,4)20-18(19-13)12-6-5-11-7-10(8-15)9-16-17(11)12/h5-7,9H,1-4H3. The summed E-state index contributed by atoms with van der Waals surface area (Å²) in [7, 11) is 0. The van der Waals surface area contributed by atoms with E-state index in [1.807, 2.05) is 39.8 Å². The van der Waals surface area contributed by atoms with Crippen LogP contribution in [-0.4, -0.2) is 20.8 Å². The molecule has 20 heavy (non-hydrogen) atoms. The van der Waals surface area contributed by atoms with Crippen LogP contribution in [0.25, 0.3) is 5.52 Å². The van der Waals surface area contributed by atoms with E-state index in [0.717, 1.165) is 5.52 Å². The molecule has 0 N–H and O–H groups in total. The van der Waals surface area contributed by atoms with Crippen molar-refractivity contribution >= 4 is 11.3 Å². The van der Waals surface area contributed by atoms with E-state index in [4.69, 9.17) is 14.9 Å². The Balaban J connectivity index is 2.03. The highest BCUT2D eigenvalue weighted by molar-refractivity contribution is 5.58. The molecule has 0 atom stereocenters. The molecule has 2 aromatic rings. The molecule has 0 radical (unpaired) electrons. The number of nitrogens with zero attached hydrogens (tertiary/aromatic N) is 4. The number of nitriles is 1. The van der Waals surface area contributed by atoms with Gasteiger partial charge in [-0.1, -0.05) is 0 Å². The fourth-order valence-electron chi connectivity index (χ4n) is 1.93. The summed E-state index contributed by atoms with van der Waals surface area (Å²) in [5.41, 5.74) is 0.424. The molecule has 104 valence electrons. The van der Waals surface area contributed by atoms with Gasteiger partial charge < -0.3 is 0 Å². The van der Waals surface area contributed by atoms with Gasteiger partial charge in [0.2, 0.25) is 0 Å². The Kier molecular flexibility index (Phi) is 2.55. The summed E-state index contributed by atoms with van der Waals surface area (Å²) in [5.74, 6) is 0.670. The van der Waals surface area contributed by atoms with Crippen molar-refractivity contribution < 1.29 is 9.68 Å². The Morgan fingerprint density at radius 1 is 1.15 bits per heavy atom. The summed E-state index contributed by atoms with van der Waals surface area (Å²) in [5, 5.41) is 14.5. The van der Waals surface area contributed by atoms with E-state index in [-0.39, 0.29) is 0 Å². The number of hydrogen-bond donors (Lipinski definition) is 0. The van der Waals surface area contributed by atoms with Crippen LogP contribution in [0.1, 0.15) is 33.3 Å². The first-order valence-electron chi connectivity index (χ1n) is 6.40. The summed E-state index contributed by atoms with van der Waals surface area (Å²) in [6, 6.07) is 7.56. The molecule has 0 amide bonds. The number of hydrogen-bond acceptors (Lipinski definition) is 5. The Hall–Kier alpha value is -2.10. The second-order valence-electron chi connectivity index (χ2n) is 5.84. The van der Waals surface area contributed by atoms with Crippen molar-refractivity contribution in [1.82, 2.24) is 9.61 Å². The molecule has 0 unspecified atom stereocenters. The van der Waals surface area contributed by atoms with Gasteiger partial charge in [0.1, 0.15) is 17.3 Å². The van der Waals surface area contributed by atoms with Gasteiger partial charge in [-0.05, 0) is 45.9 Å². The van der Waals surface area contributed by atoms with E-state index in [0.29, 0.717) is 11.4 Å². The Morgan fingerprint density at radius 2 is 1.80 bits per heavy atom. The zero-order valence-corrected chi connectivity index (χ0v) is 11.9. The fraction of sp³-hybridized carbons (Fsp3) is 0.429. The monoisotopic (exact) mass is 272 g/mol. The molecule has 0 spiro atoms. The minimum atomic E-state index is -0.455. The van der Waals surface area contributed by atoms with E-state index in [9.17, 15) is 0 Å². The lowest BCUT2D eigenvalue weighted by atomic mass is 9.90. The largest absolute Gasteiger partial charge is 0.238 e. The SMILES string of the molecule is CC1(C)ON(c2ccc3cc(C#N)cnn23)OC1(C)C. The summed E-state index contributed by atoms with van der Waals surface area (Å²) >= 11 is 0. The third kappa shape index (κ3) is 1.75. The maximum absolute atomic E-state index is 8.89. The van der Waals surface area contributed by atoms with Gasteiger partial charge in [0, 0.05) is 0 Å². The first-order chi connectivity index (χ1) is 9.34. The van der Waals surface area contributed by atoms with E-state index in [2.05, 4.69) is 11.2 Å². The van der Waals surface area contributed by atoms with Crippen molar-refractivity contribution in [2.75, 3.05) is 5.23 Å². The van der Waals surface area contributed by atoms with Crippen LogP contribution in [-0.2, 0) is 9.68 Å². The average Bonchev–Trinajstić information content (AvgIpc) is 2.87. The van der Waals surface area contributed by atoms with Crippen molar-refractivity contribution in [3.63, 3.8) is 0 Å². The van der Waals surface area contributed by atoms with E-state index >= 15 is 0 Å². The van der Waals surface area contributed by atoms with Gasteiger partial charge in [0.25, 0.3) is 0 Å². The summed E-state index contributed by atoms with van der Waals surface area (Å²) in [4.78, 5) is 11.7. The predicted octanol–water partition coefficient (Wildman–Crippen LogP) is 2.45. The second kappa shape index (κ2) is 3.95. The van der Waals surface area contributed by atoms with Gasteiger partial charge in [-0.15, -0.1) is 5.23 Å². The van der Waals surface area contributed by atoms with E-state index in [1.54, 1.807) is 10.6 Å². The van der Waals surface area contributed by atoms with Crippen molar-refractivity contribution in [2.24, 2.45) is 0 Å². The third-order valence-electron chi connectivity index (χ3n) is 3.87. The van der Waals surface area contributed by atoms with Crippen LogP contribution in [0.15, 0.2) is 24.4 Å². The van der Waals surface area contributed by atoms with Gasteiger partial charge in [0.05, 0.1) is 17.3 Å². The van der Waals surface area contributed by atoms with Crippen LogP contribution in [0.5, 0.6) is 0 Å². The molecule has 6 heteroatoms. The zero-order valence-electron chi connectivity index (χ0n) is 11.9. The fourth-order valence-corrected chi connectivity index (χ4v) is 1.93. The Labute approximate surface area is 117 Å². The third-order valence-corrected chi connectivity index (χ3v) is 3.87. The molecule has 2 aromatic heterocycles. The van der Waals surface area contributed by atoms with E-state index in [1.165, 1.54) is 11.4 Å².